The number of nitrogens with zero attached hydrogens (tertiary/aromatic N) is 2. The van der Waals surface area contributed by atoms with Crippen molar-refractivity contribution >= 4 is 27.5 Å². The van der Waals surface area contributed by atoms with E-state index < -0.39 is 28.5 Å². The molecule has 0 bridgehead atoms. The molecule has 9 heteroatoms. The van der Waals surface area contributed by atoms with Crippen molar-refractivity contribution in [3.05, 3.63) is 90.0 Å². The molecule has 2 amide bonds. The number of benzene rings is 3. The molecule has 3 aromatic carbocycles. The normalized spacial score (nSPS) is 11.9. The summed E-state index contributed by atoms with van der Waals surface area (Å²) in [6, 6.07) is 21.4. The lowest BCUT2D eigenvalue weighted by atomic mass is 10.1. The molecule has 0 aliphatic carbocycles. The number of carbonyl (C=O) groups excluding carboxylic acids is 2. The van der Waals surface area contributed by atoms with Crippen molar-refractivity contribution in [3.63, 3.8) is 0 Å². The lowest BCUT2D eigenvalue weighted by Crippen LogP contribution is -2.51. The Morgan fingerprint density at radius 3 is 2.26 bits per heavy atom. The molecule has 0 spiro atoms. The van der Waals surface area contributed by atoms with E-state index in [0.717, 1.165) is 21.9 Å². The topological polar surface area (TPSA) is 96.0 Å². The van der Waals surface area contributed by atoms with Crippen LogP contribution in [0.4, 0.5) is 5.69 Å². The fraction of sp³-hybridized carbons (Fsp3) is 0.333. The predicted octanol–water partition coefficient (Wildman–Crippen LogP) is 4.53. The average Bonchev–Trinajstić information content (AvgIpc) is 2.94. The van der Waals surface area contributed by atoms with Crippen LogP contribution in [0.25, 0.3) is 0 Å². The van der Waals surface area contributed by atoms with E-state index in [0.29, 0.717) is 24.6 Å². The van der Waals surface area contributed by atoms with Gasteiger partial charge in [0.1, 0.15) is 18.3 Å². The molecule has 39 heavy (non-hydrogen) atoms. The fourth-order valence-corrected chi connectivity index (χ4v) is 5.54. The van der Waals surface area contributed by atoms with Gasteiger partial charge < -0.3 is 15.0 Å². The summed E-state index contributed by atoms with van der Waals surface area (Å²) in [5.74, 6) is -0.202. The number of anilines is 1. The van der Waals surface area contributed by atoms with E-state index in [1.54, 1.807) is 49.4 Å². The first-order chi connectivity index (χ1) is 18.7. The molecular formula is C30H37N3O5S. The highest BCUT2D eigenvalue weighted by Crippen LogP contribution is 2.26. The van der Waals surface area contributed by atoms with Gasteiger partial charge in [-0.3, -0.25) is 13.9 Å². The monoisotopic (exact) mass is 551 g/mol. The Hall–Kier alpha value is -3.85. The van der Waals surface area contributed by atoms with Crippen LogP contribution in [0.1, 0.15) is 38.3 Å². The first-order valence-electron chi connectivity index (χ1n) is 13.1. The van der Waals surface area contributed by atoms with Gasteiger partial charge in [-0.05, 0) is 69.2 Å². The van der Waals surface area contributed by atoms with Gasteiger partial charge in [0.25, 0.3) is 10.0 Å². The molecule has 1 N–H and O–H groups in total. The van der Waals surface area contributed by atoms with Crippen LogP contribution >= 0.6 is 0 Å². The highest BCUT2D eigenvalue weighted by molar-refractivity contribution is 7.92. The Labute approximate surface area is 231 Å². The van der Waals surface area contributed by atoms with Crippen molar-refractivity contribution in [2.75, 3.05) is 24.0 Å². The SMILES string of the molecule is CCCNC(=O)C(C)N(Cc1cccc(C)c1)C(=O)CN(c1ccc(OCC)cc1)S(=O)(=O)c1ccccc1. The van der Waals surface area contributed by atoms with Crippen LogP contribution in [-0.4, -0.2) is 50.9 Å². The molecule has 3 aromatic rings. The molecule has 0 heterocycles. The van der Waals surface area contributed by atoms with E-state index in [2.05, 4.69) is 5.32 Å². The highest BCUT2D eigenvalue weighted by atomic mass is 32.2. The van der Waals surface area contributed by atoms with Gasteiger partial charge in [0.05, 0.1) is 17.2 Å². The predicted molar refractivity (Wildman–Crippen MR) is 153 cm³/mol. The van der Waals surface area contributed by atoms with Crippen molar-refractivity contribution in [2.45, 2.75) is 51.6 Å². The third kappa shape index (κ3) is 7.83. The van der Waals surface area contributed by atoms with Gasteiger partial charge in [0.2, 0.25) is 11.8 Å². The summed E-state index contributed by atoms with van der Waals surface area (Å²) in [5.41, 5.74) is 2.18. The quantitative estimate of drug-likeness (QED) is 0.337. The average molecular weight is 552 g/mol. The number of rotatable bonds is 13. The van der Waals surface area contributed by atoms with E-state index in [4.69, 9.17) is 4.74 Å². The van der Waals surface area contributed by atoms with Gasteiger partial charge >= 0.3 is 0 Å². The summed E-state index contributed by atoms with van der Waals surface area (Å²) in [5, 5.41) is 2.85. The van der Waals surface area contributed by atoms with Crippen LogP contribution in [-0.2, 0) is 26.2 Å². The van der Waals surface area contributed by atoms with Crippen molar-refractivity contribution in [1.82, 2.24) is 10.2 Å². The van der Waals surface area contributed by atoms with Crippen LogP contribution in [0, 0.1) is 6.92 Å². The van der Waals surface area contributed by atoms with E-state index in [1.807, 2.05) is 45.0 Å². The van der Waals surface area contributed by atoms with Gasteiger partial charge in [-0.2, -0.15) is 0 Å². The zero-order valence-electron chi connectivity index (χ0n) is 23.0. The number of amides is 2. The maximum Gasteiger partial charge on any atom is 0.264 e. The van der Waals surface area contributed by atoms with Crippen molar-refractivity contribution in [3.8, 4) is 5.75 Å². The van der Waals surface area contributed by atoms with Gasteiger partial charge in [0, 0.05) is 13.1 Å². The molecule has 208 valence electrons. The number of sulfonamides is 1. The van der Waals surface area contributed by atoms with Gasteiger partial charge in [-0.1, -0.05) is 55.0 Å². The van der Waals surface area contributed by atoms with Crippen LogP contribution in [0.5, 0.6) is 5.75 Å². The molecule has 3 rings (SSSR count). The number of ether oxygens (including phenoxy) is 1. The van der Waals surface area contributed by atoms with Crippen molar-refractivity contribution < 1.29 is 22.7 Å². The second kappa shape index (κ2) is 13.8. The third-order valence-electron chi connectivity index (χ3n) is 6.20. The molecule has 0 saturated carbocycles. The lowest BCUT2D eigenvalue weighted by Gasteiger charge is -2.32. The van der Waals surface area contributed by atoms with Gasteiger partial charge in [-0.15, -0.1) is 0 Å². The fourth-order valence-electron chi connectivity index (χ4n) is 4.11. The number of nitrogens with one attached hydrogen (secondary N) is 1. The second-order valence-corrected chi connectivity index (χ2v) is 11.1. The minimum Gasteiger partial charge on any atom is -0.494 e. The Bertz CT molecular complexity index is 1340. The zero-order valence-corrected chi connectivity index (χ0v) is 23.8. The maximum absolute atomic E-state index is 13.9. The van der Waals surface area contributed by atoms with Crippen LogP contribution in [0.3, 0.4) is 0 Å². The van der Waals surface area contributed by atoms with Crippen LogP contribution < -0.4 is 14.4 Å². The van der Waals surface area contributed by atoms with Crippen molar-refractivity contribution in [2.24, 2.45) is 0 Å². The second-order valence-electron chi connectivity index (χ2n) is 9.23. The molecule has 0 aliphatic rings. The third-order valence-corrected chi connectivity index (χ3v) is 7.99. The molecular weight excluding hydrogens is 514 g/mol. The van der Waals surface area contributed by atoms with E-state index >= 15 is 0 Å². The minimum atomic E-state index is -4.10. The molecule has 1 unspecified atom stereocenters. The standard InChI is InChI=1S/C30H37N3O5S/c1-5-19-31-30(35)24(4)32(21-25-12-10-11-23(3)20-25)29(34)22-33(26-15-17-27(18-16-26)38-6-2)39(36,37)28-13-8-7-9-14-28/h7-18,20,24H,5-6,19,21-22H2,1-4H3,(H,31,35). The summed E-state index contributed by atoms with van der Waals surface area (Å²) in [7, 11) is -4.10. The zero-order chi connectivity index (χ0) is 28.4. The van der Waals surface area contributed by atoms with E-state index in [1.165, 1.54) is 17.0 Å². The summed E-state index contributed by atoms with van der Waals surface area (Å²) < 4.78 is 34.2. The van der Waals surface area contributed by atoms with E-state index in [-0.39, 0.29) is 17.3 Å². The van der Waals surface area contributed by atoms with E-state index in [9.17, 15) is 18.0 Å². The Kier molecular flexibility index (Phi) is 10.5. The summed E-state index contributed by atoms with van der Waals surface area (Å²) >= 11 is 0. The summed E-state index contributed by atoms with van der Waals surface area (Å²) in [6.45, 7) is 8.04. The lowest BCUT2D eigenvalue weighted by molar-refractivity contribution is -0.139. The number of hydrogen-bond donors (Lipinski definition) is 1. The summed E-state index contributed by atoms with van der Waals surface area (Å²) in [4.78, 5) is 28.3. The number of carbonyl (C=O) groups is 2. The molecule has 8 nitrogen and oxygen atoms in total. The molecule has 1 atom stereocenters. The Morgan fingerprint density at radius 2 is 1.64 bits per heavy atom. The van der Waals surface area contributed by atoms with Gasteiger partial charge in [-0.25, -0.2) is 8.42 Å². The highest BCUT2D eigenvalue weighted by Gasteiger charge is 2.32. The minimum absolute atomic E-state index is 0.0608. The van der Waals surface area contributed by atoms with Crippen LogP contribution in [0.15, 0.2) is 83.8 Å². The number of aryl methyl sites for hydroxylation is 1. The summed E-state index contributed by atoms with van der Waals surface area (Å²) in [6.07, 6.45) is 0.755. The first-order valence-corrected chi connectivity index (χ1v) is 14.5. The first kappa shape index (κ1) is 29.7. The van der Waals surface area contributed by atoms with Crippen LogP contribution in [0.2, 0.25) is 0 Å². The molecule has 0 aliphatic heterocycles. The Morgan fingerprint density at radius 1 is 0.949 bits per heavy atom. The Balaban J connectivity index is 2.01. The van der Waals surface area contributed by atoms with Crippen molar-refractivity contribution in [1.29, 1.82) is 0 Å². The number of hydrogen-bond acceptors (Lipinski definition) is 5. The maximum atomic E-state index is 13.9. The molecule has 0 aromatic heterocycles. The van der Waals surface area contributed by atoms with Gasteiger partial charge in [0.15, 0.2) is 0 Å². The largest absolute Gasteiger partial charge is 0.494 e. The smallest absolute Gasteiger partial charge is 0.264 e. The molecule has 0 fully saturated rings. The molecule has 0 radical (unpaired) electrons. The molecule has 0 saturated heterocycles.